The molecule has 0 spiro atoms. The van der Waals surface area contributed by atoms with Crippen molar-refractivity contribution < 1.29 is 14.2 Å². The highest BCUT2D eigenvalue weighted by atomic mass is 19.1. The van der Waals surface area contributed by atoms with E-state index >= 15 is 0 Å². The molecule has 2 aromatic carbocycles. The minimum Gasteiger partial charge on any atom is -0.508 e. The van der Waals surface area contributed by atoms with Crippen molar-refractivity contribution in [1.82, 2.24) is 9.97 Å². The first-order valence-electron chi connectivity index (χ1n) is 6.64. The molecule has 0 unspecified atom stereocenters. The summed E-state index contributed by atoms with van der Waals surface area (Å²) >= 11 is 0. The van der Waals surface area contributed by atoms with Gasteiger partial charge in [-0.05, 0) is 36.4 Å². The summed E-state index contributed by atoms with van der Waals surface area (Å²) < 4.78 is 18.3. The number of ether oxygens (including phenoxy) is 1. The lowest BCUT2D eigenvalue weighted by molar-refractivity contribution is 0.413. The van der Waals surface area contributed by atoms with Crippen molar-refractivity contribution in [3.63, 3.8) is 0 Å². The van der Waals surface area contributed by atoms with Crippen LogP contribution in [0.1, 0.15) is 0 Å². The van der Waals surface area contributed by atoms with Gasteiger partial charge in [0.1, 0.15) is 17.3 Å². The Bertz CT molecular complexity index is 804. The summed E-state index contributed by atoms with van der Waals surface area (Å²) in [5, 5.41) is 9.63. The molecule has 110 valence electrons. The molecule has 22 heavy (non-hydrogen) atoms. The number of halogens is 1. The average molecular weight is 296 g/mol. The van der Waals surface area contributed by atoms with Crippen LogP contribution in [-0.4, -0.2) is 22.2 Å². The predicted octanol–water partition coefficient (Wildman–Crippen LogP) is 3.66. The molecular formula is C17H13FN2O2. The molecule has 1 heterocycles. The maximum absolute atomic E-state index is 13.0. The molecule has 0 bridgehead atoms. The zero-order chi connectivity index (χ0) is 15.5. The van der Waals surface area contributed by atoms with E-state index in [2.05, 4.69) is 9.97 Å². The van der Waals surface area contributed by atoms with Gasteiger partial charge in [0, 0.05) is 11.1 Å². The second-order valence-electron chi connectivity index (χ2n) is 4.67. The highest BCUT2D eigenvalue weighted by Gasteiger charge is 2.12. The minimum absolute atomic E-state index is 0.140. The Labute approximate surface area is 126 Å². The van der Waals surface area contributed by atoms with E-state index in [9.17, 15) is 9.50 Å². The van der Waals surface area contributed by atoms with Gasteiger partial charge in [0.25, 0.3) is 0 Å². The van der Waals surface area contributed by atoms with Crippen LogP contribution in [0.2, 0.25) is 0 Å². The summed E-state index contributed by atoms with van der Waals surface area (Å²) in [5.74, 6) is 0.780. The second-order valence-corrected chi connectivity index (χ2v) is 4.67. The molecular weight excluding hydrogens is 283 g/mol. The van der Waals surface area contributed by atoms with Crippen LogP contribution in [0.15, 0.2) is 54.7 Å². The third-order valence-corrected chi connectivity index (χ3v) is 3.20. The largest absolute Gasteiger partial charge is 0.508 e. The van der Waals surface area contributed by atoms with Crippen molar-refractivity contribution in [2.24, 2.45) is 0 Å². The highest BCUT2D eigenvalue weighted by molar-refractivity contribution is 5.69. The number of aromatic nitrogens is 2. The lowest BCUT2D eigenvalue weighted by Crippen LogP contribution is -1.96. The number of hydrogen-bond acceptors (Lipinski definition) is 4. The number of benzene rings is 2. The van der Waals surface area contributed by atoms with E-state index in [0.29, 0.717) is 28.4 Å². The molecule has 0 saturated carbocycles. The third kappa shape index (κ3) is 2.74. The minimum atomic E-state index is -0.314. The summed E-state index contributed by atoms with van der Waals surface area (Å²) in [5.41, 5.74) is 1.97. The Morgan fingerprint density at radius 3 is 2.50 bits per heavy atom. The first-order chi connectivity index (χ1) is 10.7. The summed E-state index contributed by atoms with van der Waals surface area (Å²) in [4.78, 5) is 8.72. The molecule has 0 aliphatic heterocycles. The number of aromatic hydroxyl groups is 1. The van der Waals surface area contributed by atoms with Crippen LogP contribution in [0.4, 0.5) is 4.39 Å². The maximum Gasteiger partial charge on any atom is 0.163 e. The summed E-state index contributed by atoms with van der Waals surface area (Å²) in [6, 6.07) is 12.7. The molecule has 4 nitrogen and oxygen atoms in total. The number of rotatable bonds is 3. The Kier molecular flexibility index (Phi) is 3.70. The zero-order valence-corrected chi connectivity index (χ0v) is 11.8. The van der Waals surface area contributed by atoms with Crippen LogP contribution < -0.4 is 4.74 Å². The summed E-state index contributed by atoms with van der Waals surface area (Å²) in [6.07, 6.45) is 1.56. The summed E-state index contributed by atoms with van der Waals surface area (Å²) in [7, 11) is 1.53. The monoisotopic (exact) mass is 296 g/mol. The van der Waals surface area contributed by atoms with Gasteiger partial charge < -0.3 is 9.84 Å². The van der Waals surface area contributed by atoms with E-state index in [0.717, 1.165) is 0 Å². The van der Waals surface area contributed by atoms with Crippen molar-refractivity contribution in [2.45, 2.75) is 0 Å². The van der Waals surface area contributed by atoms with Crippen LogP contribution >= 0.6 is 0 Å². The molecule has 0 aliphatic carbocycles. The second kappa shape index (κ2) is 5.81. The van der Waals surface area contributed by atoms with Gasteiger partial charge in [-0.15, -0.1) is 0 Å². The van der Waals surface area contributed by atoms with Gasteiger partial charge in [0.05, 0.1) is 13.3 Å². The fourth-order valence-corrected chi connectivity index (χ4v) is 2.12. The molecule has 3 rings (SSSR count). The van der Waals surface area contributed by atoms with Crippen LogP contribution in [0, 0.1) is 5.82 Å². The number of phenolic OH excluding ortho intramolecular Hbond substituents is 1. The van der Waals surface area contributed by atoms with E-state index in [1.54, 1.807) is 36.5 Å². The zero-order valence-electron chi connectivity index (χ0n) is 11.8. The van der Waals surface area contributed by atoms with Gasteiger partial charge in [0.2, 0.25) is 0 Å². The average Bonchev–Trinajstić information content (AvgIpc) is 2.55. The molecule has 0 aliphatic rings. The van der Waals surface area contributed by atoms with Gasteiger partial charge in [-0.25, -0.2) is 14.4 Å². The molecule has 1 N–H and O–H groups in total. The van der Waals surface area contributed by atoms with Crippen molar-refractivity contribution in [1.29, 1.82) is 0 Å². The van der Waals surface area contributed by atoms with Crippen LogP contribution in [-0.2, 0) is 0 Å². The first kappa shape index (κ1) is 14.0. The fraction of sp³-hybridized carbons (Fsp3) is 0.0588. The van der Waals surface area contributed by atoms with E-state index in [-0.39, 0.29) is 11.6 Å². The predicted molar refractivity (Wildman–Crippen MR) is 81.1 cm³/mol. The first-order valence-corrected chi connectivity index (χ1v) is 6.64. The quantitative estimate of drug-likeness (QED) is 0.801. The van der Waals surface area contributed by atoms with E-state index < -0.39 is 0 Å². The number of methoxy groups -OCH3 is 1. The Morgan fingerprint density at radius 2 is 1.82 bits per heavy atom. The fourth-order valence-electron chi connectivity index (χ4n) is 2.12. The van der Waals surface area contributed by atoms with Gasteiger partial charge in [0.15, 0.2) is 11.6 Å². The standard InChI is InChI=1S/C17H13FN2O2/c1-22-15-10-19-17(11-5-7-13(18)8-6-11)20-16(15)12-3-2-4-14(21)9-12/h2-10,21H,1H3. The number of phenols is 1. The van der Waals surface area contributed by atoms with Crippen LogP contribution in [0.25, 0.3) is 22.6 Å². The molecule has 0 fully saturated rings. The number of hydrogen-bond donors (Lipinski definition) is 1. The van der Waals surface area contributed by atoms with Crippen molar-refractivity contribution in [3.8, 4) is 34.1 Å². The smallest absolute Gasteiger partial charge is 0.163 e. The third-order valence-electron chi connectivity index (χ3n) is 3.20. The van der Waals surface area contributed by atoms with E-state index in [1.165, 1.54) is 19.2 Å². The SMILES string of the molecule is COc1cnc(-c2ccc(F)cc2)nc1-c1cccc(O)c1. The molecule has 1 aromatic heterocycles. The topological polar surface area (TPSA) is 55.2 Å². The van der Waals surface area contributed by atoms with Crippen molar-refractivity contribution in [3.05, 3.63) is 60.5 Å². The molecule has 3 aromatic rings. The van der Waals surface area contributed by atoms with Crippen molar-refractivity contribution >= 4 is 0 Å². The lowest BCUT2D eigenvalue weighted by Gasteiger charge is -2.09. The van der Waals surface area contributed by atoms with Crippen LogP contribution in [0.5, 0.6) is 11.5 Å². The highest BCUT2D eigenvalue weighted by Crippen LogP contribution is 2.31. The van der Waals surface area contributed by atoms with Gasteiger partial charge >= 0.3 is 0 Å². The van der Waals surface area contributed by atoms with Gasteiger partial charge in [-0.2, -0.15) is 0 Å². The molecule has 0 atom stereocenters. The number of nitrogens with zero attached hydrogens (tertiary/aromatic N) is 2. The Balaban J connectivity index is 2.12. The lowest BCUT2D eigenvalue weighted by atomic mass is 10.1. The Morgan fingerprint density at radius 1 is 1.05 bits per heavy atom. The summed E-state index contributed by atoms with van der Waals surface area (Å²) in [6.45, 7) is 0. The van der Waals surface area contributed by atoms with Crippen molar-refractivity contribution in [2.75, 3.05) is 7.11 Å². The molecule has 0 radical (unpaired) electrons. The molecule has 5 heteroatoms. The normalized spacial score (nSPS) is 10.5. The maximum atomic E-state index is 13.0. The van der Waals surface area contributed by atoms with Gasteiger partial charge in [-0.3, -0.25) is 0 Å². The molecule has 0 amide bonds. The van der Waals surface area contributed by atoms with E-state index in [1.807, 2.05) is 6.07 Å². The van der Waals surface area contributed by atoms with Crippen LogP contribution in [0.3, 0.4) is 0 Å². The molecule has 0 saturated heterocycles. The van der Waals surface area contributed by atoms with Gasteiger partial charge in [-0.1, -0.05) is 12.1 Å². The van der Waals surface area contributed by atoms with E-state index in [4.69, 9.17) is 4.74 Å². The Hall–Kier alpha value is -2.95.